The minimum absolute atomic E-state index is 0.316. The van der Waals surface area contributed by atoms with E-state index in [1.807, 2.05) is 42.5 Å². The summed E-state index contributed by atoms with van der Waals surface area (Å²) in [5, 5.41) is 2.20. The molecule has 2 heterocycles. The van der Waals surface area contributed by atoms with Crippen molar-refractivity contribution in [1.82, 2.24) is 0 Å². The number of carbonyl (C=O) groups excluding carboxylic acids is 2. The first kappa shape index (κ1) is 19.7. The van der Waals surface area contributed by atoms with Gasteiger partial charge in [-0.05, 0) is 61.0 Å². The van der Waals surface area contributed by atoms with E-state index in [1.165, 1.54) is 24.3 Å². The molecular weight excluding hydrogens is 419 g/mol. The molecule has 0 aromatic heterocycles. The van der Waals surface area contributed by atoms with Gasteiger partial charge in [-0.25, -0.2) is 14.4 Å². The number of para-hydroxylation sites is 1. The van der Waals surface area contributed by atoms with Gasteiger partial charge in [-0.3, -0.25) is 14.4 Å². The first-order chi connectivity index (χ1) is 14.9. The van der Waals surface area contributed by atoms with Crippen molar-refractivity contribution in [2.24, 2.45) is 5.41 Å². The van der Waals surface area contributed by atoms with Gasteiger partial charge in [0, 0.05) is 5.02 Å². The molecule has 7 heteroatoms. The van der Waals surface area contributed by atoms with Crippen molar-refractivity contribution in [3.05, 3.63) is 95.3 Å². The predicted molar refractivity (Wildman–Crippen MR) is 115 cm³/mol. The van der Waals surface area contributed by atoms with Crippen molar-refractivity contribution >= 4 is 34.8 Å². The number of fused-ring (bicyclic) bond motifs is 1. The number of hydroxylamine groups is 1. The highest BCUT2D eigenvalue weighted by Crippen LogP contribution is 2.55. The Hall–Kier alpha value is -3.22. The Morgan fingerprint density at radius 1 is 0.903 bits per heavy atom. The molecule has 156 valence electrons. The Balaban J connectivity index is 1.63. The summed E-state index contributed by atoms with van der Waals surface area (Å²) in [6.07, 6.45) is -1.02. The van der Waals surface area contributed by atoms with Gasteiger partial charge in [0.2, 0.25) is 5.91 Å². The maximum atomic E-state index is 13.7. The van der Waals surface area contributed by atoms with Crippen LogP contribution in [0.3, 0.4) is 0 Å². The molecule has 5 rings (SSSR count). The highest BCUT2D eigenvalue weighted by molar-refractivity contribution is 6.30. The lowest BCUT2D eigenvalue weighted by atomic mass is 9.76. The third kappa shape index (κ3) is 2.94. The van der Waals surface area contributed by atoms with Crippen LogP contribution in [0.1, 0.15) is 18.5 Å². The van der Waals surface area contributed by atoms with E-state index in [1.54, 1.807) is 24.1 Å². The SMILES string of the molecule is CC12C(=O)N(c3ccc(F)cc3)C(=O)C1ON(c1ccccc1)C2c1ccc(Cl)cc1. The zero-order valence-corrected chi connectivity index (χ0v) is 17.3. The second-order valence-electron chi connectivity index (χ2n) is 7.84. The molecule has 2 aliphatic rings. The van der Waals surface area contributed by atoms with Crippen LogP contribution in [-0.4, -0.2) is 17.9 Å². The van der Waals surface area contributed by atoms with E-state index < -0.39 is 35.2 Å². The molecule has 3 unspecified atom stereocenters. The zero-order valence-electron chi connectivity index (χ0n) is 16.5. The van der Waals surface area contributed by atoms with Crippen molar-refractivity contribution in [2.45, 2.75) is 19.1 Å². The molecule has 3 aromatic rings. The van der Waals surface area contributed by atoms with Crippen LogP contribution < -0.4 is 9.96 Å². The lowest BCUT2D eigenvalue weighted by Crippen LogP contribution is -2.41. The van der Waals surface area contributed by atoms with Crippen molar-refractivity contribution in [3.8, 4) is 0 Å². The Morgan fingerprint density at radius 2 is 1.55 bits per heavy atom. The Kier molecular flexibility index (Phi) is 4.57. The van der Waals surface area contributed by atoms with Crippen LogP contribution in [0.4, 0.5) is 15.8 Å². The summed E-state index contributed by atoms with van der Waals surface area (Å²) in [7, 11) is 0. The summed E-state index contributed by atoms with van der Waals surface area (Å²) < 4.78 is 13.4. The first-order valence-electron chi connectivity index (χ1n) is 9.82. The van der Waals surface area contributed by atoms with Gasteiger partial charge in [0.05, 0.1) is 17.4 Å². The van der Waals surface area contributed by atoms with Gasteiger partial charge in [0.15, 0.2) is 6.10 Å². The smallest absolute Gasteiger partial charge is 0.266 e. The third-order valence-electron chi connectivity index (χ3n) is 5.96. The molecule has 2 fully saturated rings. The fraction of sp³-hybridized carbons (Fsp3) is 0.167. The standard InChI is InChI=1S/C24H18ClFN2O3/c1-24-20(15-7-9-16(25)10-8-15)28(19-5-3-2-4-6-19)31-21(24)22(29)27(23(24)30)18-13-11-17(26)12-14-18/h2-14,20-21H,1H3. The van der Waals surface area contributed by atoms with E-state index in [4.69, 9.17) is 16.4 Å². The normalized spacial score (nSPS) is 25.3. The van der Waals surface area contributed by atoms with Crippen LogP contribution in [0, 0.1) is 11.2 Å². The summed E-state index contributed by atoms with van der Waals surface area (Å²) in [5.74, 6) is -1.32. The van der Waals surface area contributed by atoms with Gasteiger partial charge >= 0.3 is 0 Å². The number of hydrogen-bond acceptors (Lipinski definition) is 4. The molecule has 0 aliphatic carbocycles. The van der Waals surface area contributed by atoms with Crippen molar-refractivity contribution in [2.75, 3.05) is 9.96 Å². The van der Waals surface area contributed by atoms with Gasteiger partial charge in [0.1, 0.15) is 11.2 Å². The number of rotatable bonds is 3. The molecule has 31 heavy (non-hydrogen) atoms. The Labute approximate surface area is 183 Å². The van der Waals surface area contributed by atoms with Crippen molar-refractivity contribution in [3.63, 3.8) is 0 Å². The minimum Gasteiger partial charge on any atom is -0.273 e. The first-order valence-corrected chi connectivity index (χ1v) is 10.2. The van der Waals surface area contributed by atoms with Crippen LogP contribution in [0.15, 0.2) is 78.9 Å². The van der Waals surface area contributed by atoms with Gasteiger partial charge in [-0.15, -0.1) is 0 Å². The quantitative estimate of drug-likeness (QED) is 0.547. The molecule has 5 nitrogen and oxygen atoms in total. The van der Waals surface area contributed by atoms with Gasteiger partial charge < -0.3 is 0 Å². The zero-order chi connectivity index (χ0) is 21.8. The Bertz CT molecular complexity index is 1150. The summed E-state index contributed by atoms with van der Waals surface area (Å²) in [5.41, 5.74) is 0.638. The summed E-state index contributed by atoms with van der Waals surface area (Å²) in [4.78, 5) is 34.3. The van der Waals surface area contributed by atoms with E-state index in [0.29, 0.717) is 10.7 Å². The molecule has 3 atom stereocenters. The van der Waals surface area contributed by atoms with Crippen LogP contribution >= 0.6 is 11.6 Å². The molecule has 0 radical (unpaired) electrons. The highest BCUT2D eigenvalue weighted by atomic mass is 35.5. The molecule has 2 aliphatic heterocycles. The van der Waals surface area contributed by atoms with Crippen LogP contribution in [-0.2, 0) is 14.4 Å². The second kappa shape index (κ2) is 7.18. The number of carbonyl (C=O) groups is 2. The van der Waals surface area contributed by atoms with Crippen LogP contribution in [0.2, 0.25) is 5.02 Å². The van der Waals surface area contributed by atoms with E-state index in [0.717, 1.165) is 16.2 Å². The number of nitrogens with zero attached hydrogens (tertiary/aromatic N) is 2. The molecule has 2 amide bonds. The third-order valence-corrected chi connectivity index (χ3v) is 6.21. The molecule has 0 N–H and O–H groups in total. The summed E-state index contributed by atoms with van der Waals surface area (Å²) in [6, 6.07) is 21.2. The topological polar surface area (TPSA) is 49.9 Å². The van der Waals surface area contributed by atoms with E-state index in [9.17, 15) is 14.0 Å². The lowest BCUT2D eigenvalue weighted by Gasteiger charge is -2.32. The van der Waals surface area contributed by atoms with E-state index in [-0.39, 0.29) is 0 Å². The molecule has 2 saturated heterocycles. The van der Waals surface area contributed by atoms with Crippen LogP contribution in [0.5, 0.6) is 0 Å². The summed E-state index contributed by atoms with van der Waals surface area (Å²) in [6.45, 7) is 1.74. The van der Waals surface area contributed by atoms with Gasteiger partial charge in [-0.2, -0.15) is 0 Å². The average Bonchev–Trinajstić information content (AvgIpc) is 3.19. The summed E-state index contributed by atoms with van der Waals surface area (Å²) >= 11 is 6.08. The maximum Gasteiger partial charge on any atom is 0.266 e. The number of anilines is 2. The maximum absolute atomic E-state index is 13.7. The fourth-order valence-electron chi connectivity index (χ4n) is 4.41. The number of hydrogen-bond donors (Lipinski definition) is 0. The number of imide groups is 1. The average molecular weight is 437 g/mol. The fourth-order valence-corrected chi connectivity index (χ4v) is 4.53. The second-order valence-corrected chi connectivity index (χ2v) is 8.28. The highest BCUT2D eigenvalue weighted by Gasteiger charge is 2.68. The monoisotopic (exact) mass is 436 g/mol. The molecule has 0 saturated carbocycles. The van der Waals surface area contributed by atoms with E-state index in [2.05, 4.69) is 0 Å². The largest absolute Gasteiger partial charge is 0.273 e. The molecule has 0 spiro atoms. The minimum atomic E-state index is -1.20. The van der Waals surface area contributed by atoms with Crippen molar-refractivity contribution in [1.29, 1.82) is 0 Å². The number of amides is 2. The lowest BCUT2D eigenvalue weighted by molar-refractivity contribution is -0.128. The predicted octanol–water partition coefficient (Wildman–Crippen LogP) is 4.92. The number of halogens is 2. The van der Waals surface area contributed by atoms with Gasteiger partial charge in [0.25, 0.3) is 5.91 Å². The van der Waals surface area contributed by atoms with E-state index >= 15 is 0 Å². The molecular formula is C24H18ClFN2O3. The van der Waals surface area contributed by atoms with Crippen molar-refractivity contribution < 1.29 is 18.8 Å². The van der Waals surface area contributed by atoms with Crippen LogP contribution in [0.25, 0.3) is 0 Å². The molecule has 0 bridgehead atoms. The molecule has 3 aromatic carbocycles. The Morgan fingerprint density at radius 3 is 2.19 bits per heavy atom. The van der Waals surface area contributed by atoms with Gasteiger partial charge in [-0.1, -0.05) is 41.9 Å². The number of benzene rings is 3.